The van der Waals surface area contributed by atoms with E-state index in [2.05, 4.69) is 38.0 Å². The average Bonchev–Trinajstić information content (AvgIpc) is 3.98. The Morgan fingerprint density at radius 2 is 1.69 bits per heavy atom. The third-order valence-electron chi connectivity index (χ3n) is 13.5. The van der Waals surface area contributed by atoms with Crippen LogP contribution in [0.1, 0.15) is 84.5 Å². The molecule has 3 aliphatic heterocycles. The van der Waals surface area contributed by atoms with Gasteiger partial charge < -0.3 is 24.6 Å². The lowest BCUT2D eigenvalue weighted by molar-refractivity contribution is -0.384. The lowest BCUT2D eigenvalue weighted by Crippen LogP contribution is -2.63. The molecule has 2 amide bonds. The number of nitrogens with zero attached hydrogens (tertiary/aromatic N) is 3. The number of sulfonamides is 1. The number of nitro benzene ring substituents is 1. The summed E-state index contributed by atoms with van der Waals surface area (Å²) in [6.07, 6.45) is 12.2. The number of allylic oxidation sites excluding steroid dienone is 1. The van der Waals surface area contributed by atoms with Crippen LogP contribution in [-0.4, -0.2) is 69.4 Å². The van der Waals surface area contributed by atoms with Gasteiger partial charge in [-0.15, -0.1) is 0 Å². The smallest absolute Gasteiger partial charge is 0.293 e. The van der Waals surface area contributed by atoms with Crippen molar-refractivity contribution < 1.29 is 32.4 Å². The molecule has 324 valence electrons. The van der Waals surface area contributed by atoms with Crippen molar-refractivity contribution >= 4 is 56.6 Å². The van der Waals surface area contributed by atoms with Gasteiger partial charge in [-0.05, 0) is 122 Å². The fraction of sp³-hybridized carbons (Fsp3) is 0.404. The number of hydrogen-bond donors (Lipinski definition) is 2. The van der Waals surface area contributed by atoms with Crippen LogP contribution >= 0.6 is 11.6 Å². The molecule has 9 rings (SSSR count). The zero-order valence-corrected chi connectivity index (χ0v) is 36.0. The zero-order valence-electron chi connectivity index (χ0n) is 34.4. The van der Waals surface area contributed by atoms with Gasteiger partial charge in [-0.25, -0.2) is 13.1 Å². The lowest BCUT2D eigenvalue weighted by Gasteiger charge is -2.56. The molecule has 2 N–H and O–H groups in total. The first-order chi connectivity index (χ1) is 30.0. The predicted molar refractivity (Wildman–Crippen MR) is 237 cm³/mol. The highest BCUT2D eigenvalue weighted by Crippen LogP contribution is 2.59. The van der Waals surface area contributed by atoms with Crippen LogP contribution in [0.3, 0.4) is 0 Å². The van der Waals surface area contributed by atoms with Crippen LogP contribution in [0.15, 0.2) is 89.8 Å². The Bertz CT molecular complexity index is 2510. The highest BCUT2D eigenvalue weighted by atomic mass is 35.5. The van der Waals surface area contributed by atoms with E-state index in [1.807, 2.05) is 36.4 Å². The molecule has 1 saturated carbocycles. The molecule has 4 aromatic rings. The van der Waals surface area contributed by atoms with Crippen molar-refractivity contribution in [2.24, 2.45) is 17.3 Å². The number of β-lactam (4-membered cyclic amide) rings is 1. The van der Waals surface area contributed by atoms with E-state index >= 15 is 0 Å². The Morgan fingerprint density at radius 3 is 2.44 bits per heavy atom. The number of ether oxygens (including phenoxy) is 2. The minimum atomic E-state index is -4.55. The molecule has 1 unspecified atom stereocenters. The number of amides is 2. The number of carbonyl (C=O) groups excluding carboxylic acids is 2. The monoisotopic (exact) mass is 879 g/mol. The van der Waals surface area contributed by atoms with E-state index in [0.717, 1.165) is 86.2 Å². The molecule has 5 aliphatic rings. The molecule has 4 fully saturated rings. The van der Waals surface area contributed by atoms with Gasteiger partial charge >= 0.3 is 0 Å². The number of nitrogens with one attached hydrogen (secondary N) is 2. The van der Waals surface area contributed by atoms with Crippen LogP contribution < -0.4 is 19.7 Å². The summed E-state index contributed by atoms with van der Waals surface area (Å²) in [5.74, 6) is 0.556. The third kappa shape index (κ3) is 8.39. The Labute approximate surface area is 366 Å². The summed E-state index contributed by atoms with van der Waals surface area (Å²) in [5, 5.41) is 15.9. The minimum Gasteiger partial charge on any atom is -0.456 e. The van der Waals surface area contributed by atoms with E-state index in [0.29, 0.717) is 56.1 Å². The molecule has 15 heteroatoms. The fourth-order valence-corrected chi connectivity index (χ4v) is 11.2. The van der Waals surface area contributed by atoms with E-state index in [1.165, 1.54) is 12.1 Å². The first-order valence-electron chi connectivity index (χ1n) is 21.6. The van der Waals surface area contributed by atoms with Crippen LogP contribution in [-0.2, 0) is 26.0 Å². The molecule has 13 nitrogen and oxygen atoms in total. The van der Waals surface area contributed by atoms with Gasteiger partial charge in [0.15, 0.2) is 0 Å². The van der Waals surface area contributed by atoms with Crippen molar-refractivity contribution in [3.05, 3.63) is 122 Å². The van der Waals surface area contributed by atoms with Crippen LogP contribution in [0.2, 0.25) is 5.02 Å². The summed E-state index contributed by atoms with van der Waals surface area (Å²) < 4.78 is 41.3. The number of anilines is 2. The number of carbonyl (C=O) groups is 2. The van der Waals surface area contributed by atoms with E-state index < -0.39 is 31.4 Å². The molecule has 1 atom stereocenters. The molecule has 0 bridgehead atoms. The Balaban J connectivity index is 0.915. The highest BCUT2D eigenvalue weighted by Gasteiger charge is 2.61. The topological polar surface area (TPSA) is 160 Å². The van der Waals surface area contributed by atoms with Gasteiger partial charge in [0.05, 0.1) is 26.8 Å². The van der Waals surface area contributed by atoms with Gasteiger partial charge in [-0.2, -0.15) is 0 Å². The predicted octanol–water partition coefficient (Wildman–Crippen LogP) is 8.93. The first-order valence-corrected chi connectivity index (χ1v) is 23.4. The van der Waals surface area contributed by atoms with Crippen molar-refractivity contribution in [2.45, 2.75) is 68.7 Å². The summed E-state index contributed by atoms with van der Waals surface area (Å²) in [7, 11) is -4.55. The van der Waals surface area contributed by atoms with Crippen LogP contribution in [0.5, 0.6) is 11.5 Å². The largest absolute Gasteiger partial charge is 0.456 e. The zero-order chi connectivity index (χ0) is 43.0. The summed E-state index contributed by atoms with van der Waals surface area (Å²) in [6.45, 7) is 3.85. The number of hydrogen-bond acceptors (Lipinski definition) is 10. The summed E-state index contributed by atoms with van der Waals surface area (Å²) >= 11 is 6.24. The molecule has 3 heterocycles. The fourth-order valence-electron chi connectivity index (χ4n) is 10.0. The van der Waals surface area contributed by atoms with E-state index in [9.17, 15) is 28.1 Å². The second kappa shape index (κ2) is 17.4. The number of rotatable bonds is 13. The Hall–Kier alpha value is -5.44. The summed E-state index contributed by atoms with van der Waals surface area (Å²) in [4.78, 5) is 43.1. The van der Waals surface area contributed by atoms with Gasteiger partial charge in [-0.3, -0.25) is 19.7 Å². The number of fused-ring (bicyclic) bond motifs is 1. The molecular formula is C47H50ClN5O8S. The van der Waals surface area contributed by atoms with Crippen molar-refractivity contribution in [3.63, 3.8) is 0 Å². The average molecular weight is 880 g/mol. The highest BCUT2D eigenvalue weighted by molar-refractivity contribution is 7.90. The minimum absolute atomic E-state index is 0.0159. The molecule has 1 spiro atoms. The van der Waals surface area contributed by atoms with E-state index in [-0.39, 0.29) is 40.3 Å². The van der Waals surface area contributed by atoms with Gasteiger partial charge in [0.1, 0.15) is 17.2 Å². The van der Waals surface area contributed by atoms with Gasteiger partial charge in [0.25, 0.3) is 21.6 Å². The maximum Gasteiger partial charge on any atom is 0.293 e. The van der Waals surface area contributed by atoms with E-state index in [4.69, 9.17) is 21.1 Å². The number of likely N-dealkylation sites (tertiary alicyclic amines) is 1. The first kappa shape index (κ1) is 41.9. The molecule has 2 aliphatic carbocycles. The molecule has 4 aromatic carbocycles. The Morgan fingerprint density at radius 1 is 0.935 bits per heavy atom. The summed E-state index contributed by atoms with van der Waals surface area (Å²) in [5.41, 5.74) is 3.56. The lowest BCUT2D eigenvalue weighted by atomic mass is 9.66. The number of benzene rings is 4. The number of nitro groups is 1. The van der Waals surface area contributed by atoms with Gasteiger partial charge in [0.2, 0.25) is 5.91 Å². The maximum absolute atomic E-state index is 13.9. The van der Waals surface area contributed by atoms with Crippen molar-refractivity contribution in [1.82, 2.24) is 9.62 Å². The van der Waals surface area contributed by atoms with Crippen LogP contribution in [0, 0.1) is 27.4 Å². The van der Waals surface area contributed by atoms with Crippen molar-refractivity contribution in [3.8, 4) is 11.5 Å². The number of piperidine rings is 1. The van der Waals surface area contributed by atoms with Crippen LogP contribution in [0.25, 0.3) is 6.08 Å². The third-order valence-corrected chi connectivity index (χ3v) is 15.0. The second-order valence-corrected chi connectivity index (χ2v) is 19.4. The van der Waals surface area contributed by atoms with E-state index in [1.54, 1.807) is 18.2 Å². The van der Waals surface area contributed by atoms with Crippen molar-refractivity contribution in [1.29, 1.82) is 0 Å². The molecule has 3 saturated heterocycles. The maximum atomic E-state index is 13.9. The summed E-state index contributed by atoms with van der Waals surface area (Å²) in [6, 6.07) is 22.3. The number of halogens is 1. The quantitative estimate of drug-likeness (QED) is 0.0754. The second-order valence-electron chi connectivity index (χ2n) is 17.3. The Kier molecular flexibility index (Phi) is 11.7. The molecule has 0 aromatic heterocycles. The SMILES string of the molecule is O=C(NS(=O)(=O)c1ccc(NCC2CCOCC2)c([N+](=O)[O-])c1)c1ccc(N2CCC(CN3C(=O)C4(CCCC4)C3c3ccc(Cl)cc3)CC2)cc1Oc1ccc2c(c1)C=CC2. The van der Waals surface area contributed by atoms with Crippen LogP contribution in [0.4, 0.5) is 17.1 Å². The standard InChI is InChI=1S/C47H50ClN5O8S/c48-36-9-6-34(7-10-36)44-47(20-1-2-21-47)46(55)52(44)30-32-16-22-51(23-17-32)37-11-14-40(43(27-37)61-38-12-8-33-4-3-5-35(33)26-38)45(54)50-62(58,59)39-13-15-41(42(28-39)53(56)57)49-29-31-18-24-60-25-19-31/h3,5-15,26-28,31-32,44,49H,1-2,4,16-25,29-30H2,(H,50,54). The molecular weight excluding hydrogens is 830 g/mol. The van der Waals surface area contributed by atoms with Gasteiger partial charge in [-0.1, -0.05) is 54.8 Å². The van der Waals surface area contributed by atoms with Crippen molar-refractivity contribution in [2.75, 3.05) is 49.6 Å². The molecule has 0 radical (unpaired) electrons. The normalized spacial score (nSPS) is 20.0. The van der Waals surface area contributed by atoms with Gasteiger partial charge in [0, 0.05) is 62.2 Å². The molecule has 62 heavy (non-hydrogen) atoms.